The van der Waals surface area contributed by atoms with E-state index >= 15 is 0 Å². The van der Waals surface area contributed by atoms with Crippen LogP contribution >= 0.6 is 0 Å². The standard InChI is InChI=1S/2C6H6S2.2Fe/c2*7-5-3-1-2-4-6(5)8;;/h2*1-4,7-8H;;/q;;2*+2/p-4. The van der Waals surface area contributed by atoms with Crippen LogP contribution in [0.2, 0.25) is 0 Å². The monoisotopic (exact) mass is 392 g/mol. The molecule has 0 nitrogen and oxygen atoms in total. The normalized spacial score (nSPS) is 8.00. The molecule has 0 unspecified atom stereocenters. The van der Waals surface area contributed by atoms with Crippen molar-refractivity contribution in [1.82, 2.24) is 0 Å². The zero-order valence-corrected chi connectivity index (χ0v) is 14.4. The minimum atomic E-state index is 0. The van der Waals surface area contributed by atoms with Gasteiger partial charge in [-0.1, -0.05) is 48.5 Å². The van der Waals surface area contributed by atoms with Crippen LogP contribution in [0.1, 0.15) is 0 Å². The van der Waals surface area contributed by atoms with Crippen LogP contribution in [0.3, 0.4) is 0 Å². The summed E-state index contributed by atoms with van der Waals surface area (Å²) in [6, 6.07) is 14.9. The zero-order chi connectivity index (χ0) is 12.0. The Balaban J connectivity index is 0. The third kappa shape index (κ3) is 7.72. The fraction of sp³-hybridized carbons (Fsp3) is 0. The Kier molecular flexibility index (Phi) is 12.9. The maximum absolute atomic E-state index is 4.85. The molecule has 0 bridgehead atoms. The van der Waals surface area contributed by atoms with Gasteiger partial charge in [0.05, 0.1) is 0 Å². The first-order valence-corrected chi connectivity index (χ1v) is 6.10. The Morgan fingerprint density at radius 1 is 0.444 bits per heavy atom. The van der Waals surface area contributed by atoms with Gasteiger partial charge < -0.3 is 50.5 Å². The Morgan fingerprint density at radius 2 is 0.611 bits per heavy atom. The van der Waals surface area contributed by atoms with Crippen molar-refractivity contribution in [1.29, 1.82) is 0 Å². The molecule has 0 heterocycles. The summed E-state index contributed by atoms with van der Waals surface area (Å²) in [5, 5.41) is 0. The van der Waals surface area contributed by atoms with E-state index in [0.29, 0.717) is 0 Å². The second-order valence-electron chi connectivity index (χ2n) is 2.89. The second kappa shape index (κ2) is 11.2. The van der Waals surface area contributed by atoms with Gasteiger partial charge in [0.25, 0.3) is 0 Å². The van der Waals surface area contributed by atoms with Gasteiger partial charge >= 0.3 is 34.1 Å². The molecule has 0 aliphatic rings. The van der Waals surface area contributed by atoms with E-state index in [0.717, 1.165) is 19.6 Å². The molecule has 0 saturated carbocycles. The number of hydrogen-bond acceptors (Lipinski definition) is 4. The van der Waals surface area contributed by atoms with Crippen LogP contribution in [0.15, 0.2) is 68.1 Å². The molecule has 96 valence electrons. The first kappa shape index (κ1) is 20.7. The third-order valence-corrected chi connectivity index (χ3v) is 3.38. The van der Waals surface area contributed by atoms with Gasteiger partial charge in [0.2, 0.25) is 0 Å². The average molecular weight is 392 g/mol. The van der Waals surface area contributed by atoms with E-state index in [4.69, 9.17) is 50.5 Å². The van der Waals surface area contributed by atoms with E-state index < -0.39 is 0 Å². The number of hydrogen-bond donors (Lipinski definition) is 0. The van der Waals surface area contributed by atoms with E-state index in [1.807, 2.05) is 48.5 Å². The van der Waals surface area contributed by atoms with Crippen LogP contribution in [0.4, 0.5) is 0 Å². The summed E-state index contributed by atoms with van der Waals surface area (Å²) in [5.41, 5.74) is 0. The van der Waals surface area contributed by atoms with Gasteiger partial charge in [-0.05, 0) is 0 Å². The SMILES string of the molecule is [Fe+2].[Fe+2].[S-]c1ccccc1[S-].[S-]c1ccccc1[S-]. The van der Waals surface area contributed by atoms with Gasteiger partial charge in [-0.25, -0.2) is 0 Å². The van der Waals surface area contributed by atoms with Crippen molar-refractivity contribution in [2.45, 2.75) is 19.6 Å². The molecule has 18 heavy (non-hydrogen) atoms. The number of rotatable bonds is 0. The summed E-state index contributed by atoms with van der Waals surface area (Å²) in [5.74, 6) is 0. The van der Waals surface area contributed by atoms with Crippen molar-refractivity contribution >= 4 is 50.5 Å². The fourth-order valence-electron chi connectivity index (χ4n) is 0.900. The quantitative estimate of drug-likeness (QED) is 0.499. The van der Waals surface area contributed by atoms with E-state index in [1.165, 1.54) is 0 Å². The largest absolute Gasteiger partial charge is 2.00 e. The molecule has 6 heteroatoms. The molecular formula is C12H8Fe2S4. The smallest absolute Gasteiger partial charge is 0.781 e. The molecule has 0 aromatic heterocycles. The summed E-state index contributed by atoms with van der Waals surface area (Å²) in [7, 11) is 0. The van der Waals surface area contributed by atoms with Crippen molar-refractivity contribution in [2.75, 3.05) is 0 Å². The number of benzene rings is 2. The molecule has 0 aliphatic heterocycles. The minimum Gasteiger partial charge on any atom is -0.781 e. The van der Waals surface area contributed by atoms with E-state index in [9.17, 15) is 0 Å². The van der Waals surface area contributed by atoms with Crippen molar-refractivity contribution in [3.63, 3.8) is 0 Å². The molecule has 0 N–H and O–H groups in total. The minimum absolute atomic E-state index is 0. The van der Waals surface area contributed by atoms with Gasteiger partial charge in [-0.2, -0.15) is 19.6 Å². The van der Waals surface area contributed by atoms with Crippen molar-refractivity contribution < 1.29 is 34.1 Å². The molecule has 0 spiro atoms. The summed E-state index contributed by atoms with van der Waals surface area (Å²) in [4.78, 5) is 3.06. The van der Waals surface area contributed by atoms with Crippen LogP contribution in [-0.4, -0.2) is 0 Å². The van der Waals surface area contributed by atoms with Gasteiger partial charge in [0, 0.05) is 0 Å². The predicted octanol–water partition coefficient (Wildman–Crippen LogP) is 2.99. The second-order valence-corrected chi connectivity index (χ2v) is 4.65. The molecule has 2 rings (SSSR count). The Bertz CT molecular complexity index is 378. The summed E-state index contributed by atoms with van der Waals surface area (Å²) in [6.07, 6.45) is 0. The Morgan fingerprint density at radius 3 is 0.722 bits per heavy atom. The predicted molar refractivity (Wildman–Crippen MR) is 75.4 cm³/mol. The van der Waals surface area contributed by atoms with Crippen LogP contribution in [-0.2, 0) is 84.7 Å². The first-order valence-electron chi connectivity index (χ1n) is 4.47. The van der Waals surface area contributed by atoms with Gasteiger partial charge in [0.15, 0.2) is 0 Å². The van der Waals surface area contributed by atoms with Crippen molar-refractivity contribution in [2.24, 2.45) is 0 Å². The summed E-state index contributed by atoms with van der Waals surface area (Å²) in [6.45, 7) is 0. The van der Waals surface area contributed by atoms with E-state index in [1.54, 1.807) is 0 Å². The Labute approximate surface area is 151 Å². The molecule has 0 atom stereocenters. The molecule has 0 radical (unpaired) electrons. The van der Waals surface area contributed by atoms with Crippen molar-refractivity contribution in [3.8, 4) is 0 Å². The van der Waals surface area contributed by atoms with E-state index in [2.05, 4.69) is 0 Å². The molecule has 2 aromatic rings. The Hall–Kier alpha value is 0.359. The van der Waals surface area contributed by atoms with Crippen LogP contribution in [0.25, 0.3) is 0 Å². The van der Waals surface area contributed by atoms with Crippen molar-refractivity contribution in [3.05, 3.63) is 48.5 Å². The maximum atomic E-state index is 4.85. The molecular weight excluding hydrogens is 384 g/mol. The first-order chi connectivity index (χ1) is 7.61. The zero-order valence-electron chi connectivity index (χ0n) is 8.96. The molecule has 2 aromatic carbocycles. The van der Waals surface area contributed by atoms with E-state index in [-0.39, 0.29) is 34.1 Å². The van der Waals surface area contributed by atoms with Gasteiger partial charge in [-0.15, -0.1) is 0 Å². The summed E-state index contributed by atoms with van der Waals surface area (Å²) < 4.78 is 0. The topological polar surface area (TPSA) is 0 Å². The molecule has 0 aliphatic carbocycles. The molecule has 0 fully saturated rings. The molecule has 0 amide bonds. The van der Waals surface area contributed by atoms with Crippen LogP contribution in [0.5, 0.6) is 0 Å². The van der Waals surface area contributed by atoms with Crippen LogP contribution in [0, 0.1) is 0 Å². The maximum Gasteiger partial charge on any atom is 2.00 e. The third-order valence-electron chi connectivity index (χ3n) is 1.70. The fourth-order valence-corrected chi connectivity index (χ4v) is 1.49. The summed E-state index contributed by atoms with van der Waals surface area (Å²) >= 11 is 19.4. The van der Waals surface area contributed by atoms with Gasteiger partial charge in [0.1, 0.15) is 0 Å². The van der Waals surface area contributed by atoms with Gasteiger partial charge in [-0.3, -0.25) is 0 Å². The average Bonchev–Trinajstić information content (AvgIpc) is 2.28. The molecule has 0 saturated heterocycles. The van der Waals surface area contributed by atoms with Crippen LogP contribution < -0.4 is 0 Å².